The minimum Gasteiger partial charge on any atom is -0.379 e. The van der Waals surface area contributed by atoms with Crippen molar-refractivity contribution in [1.29, 1.82) is 0 Å². The van der Waals surface area contributed by atoms with Gasteiger partial charge < -0.3 is 14.8 Å². The average molecular weight is 253 g/mol. The van der Waals surface area contributed by atoms with E-state index >= 15 is 0 Å². The largest absolute Gasteiger partial charge is 0.379 e. The number of carbonyl (C=O) groups excluding carboxylic acids is 1. The van der Waals surface area contributed by atoms with Gasteiger partial charge in [-0.05, 0) is 32.6 Å². The molecule has 1 saturated heterocycles. The van der Waals surface area contributed by atoms with E-state index in [1.807, 2.05) is 6.92 Å². The molecule has 0 unspecified atom stereocenters. The van der Waals surface area contributed by atoms with Gasteiger partial charge in [0.1, 0.15) is 0 Å². The molecule has 1 N–H and O–H groups in total. The highest BCUT2D eigenvalue weighted by molar-refractivity contribution is 5.80. The zero-order chi connectivity index (χ0) is 13.1. The average Bonchev–Trinajstić information content (AvgIpc) is 2.96. The van der Waals surface area contributed by atoms with E-state index in [2.05, 4.69) is 11.9 Å². The molecule has 2 aliphatic rings. The maximum Gasteiger partial charge on any atom is 0.226 e. The van der Waals surface area contributed by atoms with Crippen molar-refractivity contribution in [3.63, 3.8) is 0 Å². The van der Waals surface area contributed by atoms with Crippen molar-refractivity contribution >= 4 is 5.91 Å². The van der Waals surface area contributed by atoms with Crippen molar-refractivity contribution in [1.82, 2.24) is 5.32 Å². The quantitative estimate of drug-likeness (QED) is 0.775. The van der Waals surface area contributed by atoms with Gasteiger partial charge in [0.05, 0.1) is 24.2 Å². The first kappa shape index (κ1) is 13.6. The van der Waals surface area contributed by atoms with Crippen molar-refractivity contribution in [3.05, 3.63) is 12.2 Å². The molecule has 18 heavy (non-hydrogen) atoms. The first-order valence-electron chi connectivity index (χ1n) is 6.73. The van der Waals surface area contributed by atoms with Crippen molar-refractivity contribution in [3.8, 4) is 0 Å². The Balaban J connectivity index is 1.93. The van der Waals surface area contributed by atoms with Gasteiger partial charge in [0, 0.05) is 13.7 Å². The third kappa shape index (κ3) is 2.75. The number of hydrogen-bond acceptors (Lipinski definition) is 3. The molecule has 0 bridgehead atoms. The molecule has 0 aromatic heterocycles. The smallest absolute Gasteiger partial charge is 0.226 e. The van der Waals surface area contributed by atoms with Crippen molar-refractivity contribution < 1.29 is 14.3 Å². The van der Waals surface area contributed by atoms with Crippen LogP contribution in [0.25, 0.3) is 0 Å². The number of carbonyl (C=O) groups is 1. The van der Waals surface area contributed by atoms with E-state index in [-0.39, 0.29) is 30.1 Å². The summed E-state index contributed by atoms with van der Waals surface area (Å²) in [6, 6.07) is 0.161. The molecule has 0 spiro atoms. The Morgan fingerprint density at radius 2 is 2.17 bits per heavy atom. The molecule has 1 aliphatic carbocycles. The molecule has 4 nitrogen and oxygen atoms in total. The summed E-state index contributed by atoms with van der Waals surface area (Å²) in [7, 11) is 1.71. The second-order valence-corrected chi connectivity index (χ2v) is 5.35. The lowest BCUT2D eigenvalue weighted by atomic mass is 9.95. The van der Waals surface area contributed by atoms with Crippen LogP contribution in [-0.4, -0.2) is 37.9 Å². The summed E-state index contributed by atoms with van der Waals surface area (Å²) in [4.78, 5) is 12.3. The summed E-state index contributed by atoms with van der Waals surface area (Å²) >= 11 is 0. The van der Waals surface area contributed by atoms with E-state index in [9.17, 15) is 4.79 Å². The molecule has 2 rings (SSSR count). The molecule has 0 aromatic carbocycles. The predicted octanol–water partition coefficient (Wildman–Crippen LogP) is 1.65. The maximum atomic E-state index is 12.3. The summed E-state index contributed by atoms with van der Waals surface area (Å²) < 4.78 is 11.0. The standard InChI is InChI=1S/C14H23NO3/c1-9(2)13-10(7-8-18-13)14(16)15-11-5-4-6-12(11)17-3/h10-13H,1,4-8H2,2-3H3,(H,15,16)/t10-,11+,12-,13-/m1/s1. The van der Waals surface area contributed by atoms with Gasteiger partial charge in [-0.15, -0.1) is 0 Å². The highest BCUT2D eigenvalue weighted by Gasteiger charge is 2.37. The number of amides is 1. The molecule has 102 valence electrons. The fraction of sp³-hybridized carbons (Fsp3) is 0.786. The summed E-state index contributed by atoms with van der Waals surface area (Å²) in [5.41, 5.74) is 0.933. The molecule has 1 aliphatic heterocycles. The van der Waals surface area contributed by atoms with Crippen LogP contribution < -0.4 is 5.32 Å². The molecule has 4 heteroatoms. The maximum absolute atomic E-state index is 12.3. The summed E-state index contributed by atoms with van der Waals surface area (Å²) in [6.45, 7) is 6.47. The van der Waals surface area contributed by atoms with Crippen LogP contribution in [0, 0.1) is 5.92 Å². The van der Waals surface area contributed by atoms with Crippen LogP contribution in [0.3, 0.4) is 0 Å². The SMILES string of the molecule is C=C(C)[C@H]1OCC[C@H]1C(=O)N[C@H]1CCC[C@H]1OC. The molecule has 0 aromatic rings. The van der Waals surface area contributed by atoms with Gasteiger partial charge in [0.2, 0.25) is 5.91 Å². The number of ether oxygens (including phenoxy) is 2. The molecule has 2 fully saturated rings. The number of rotatable bonds is 4. The number of nitrogens with one attached hydrogen (secondary N) is 1. The van der Waals surface area contributed by atoms with E-state index in [1.54, 1.807) is 7.11 Å². The third-order valence-electron chi connectivity index (χ3n) is 4.00. The summed E-state index contributed by atoms with van der Waals surface area (Å²) in [6.07, 6.45) is 4.00. The van der Waals surface area contributed by atoms with Gasteiger partial charge in [0.25, 0.3) is 0 Å². The normalized spacial score (nSPS) is 35.7. The van der Waals surface area contributed by atoms with Gasteiger partial charge in [-0.3, -0.25) is 4.79 Å². The minimum atomic E-state index is -0.118. The molecular formula is C14H23NO3. The van der Waals surface area contributed by atoms with Gasteiger partial charge in [-0.1, -0.05) is 12.2 Å². The Morgan fingerprint density at radius 3 is 2.83 bits per heavy atom. The van der Waals surface area contributed by atoms with Crippen LogP contribution in [-0.2, 0) is 14.3 Å². The van der Waals surface area contributed by atoms with E-state index in [1.165, 1.54) is 0 Å². The molecular weight excluding hydrogens is 230 g/mol. The second-order valence-electron chi connectivity index (χ2n) is 5.35. The van der Waals surface area contributed by atoms with E-state index < -0.39 is 0 Å². The molecule has 1 saturated carbocycles. The predicted molar refractivity (Wildman–Crippen MR) is 69.2 cm³/mol. The fourth-order valence-electron chi connectivity index (χ4n) is 3.01. The Bertz CT molecular complexity index is 329. The summed E-state index contributed by atoms with van der Waals surface area (Å²) in [5, 5.41) is 3.12. The highest BCUT2D eigenvalue weighted by atomic mass is 16.5. The van der Waals surface area contributed by atoms with Crippen LogP contribution in [0.4, 0.5) is 0 Å². The molecule has 4 atom stereocenters. The highest BCUT2D eigenvalue weighted by Crippen LogP contribution is 2.27. The Hall–Kier alpha value is -0.870. The van der Waals surface area contributed by atoms with Crippen LogP contribution in [0.15, 0.2) is 12.2 Å². The van der Waals surface area contributed by atoms with Crippen LogP contribution >= 0.6 is 0 Å². The zero-order valence-electron chi connectivity index (χ0n) is 11.3. The van der Waals surface area contributed by atoms with Crippen LogP contribution in [0.2, 0.25) is 0 Å². The first-order chi connectivity index (χ1) is 8.63. The Labute approximate surface area is 109 Å². The van der Waals surface area contributed by atoms with Crippen LogP contribution in [0.1, 0.15) is 32.6 Å². The van der Waals surface area contributed by atoms with E-state index in [0.717, 1.165) is 31.3 Å². The fourth-order valence-corrected chi connectivity index (χ4v) is 3.01. The Kier molecular flexibility index (Phi) is 4.40. The van der Waals surface area contributed by atoms with Crippen molar-refractivity contribution in [2.45, 2.75) is 50.9 Å². The monoisotopic (exact) mass is 253 g/mol. The van der Waals surface area contributed by atoms with Gasteiger partial charge in [-0.25, -0.2) is 0 Å². The lowest BCUT2D eigenvalue weighted by molar-refractivity contribution is -0.127. The molecule has 1 heterocycles. The zero-order valence-corrected chi connectivity index (χ0v) is 11.3. The van der Waals surface area contributed by atoms with Crippen LogP contribution in [0.5, 0.6) is 0 Å². The van der Waals surface area contributed by atoms with Gasteiger partial charge >= 0.3 is 0 Å². The van der Waals surface area contributed by atoms with Crippen molar-refractivity contribution in [2.75, 3.05) is 13.7 Å². The van der Waals surface area contributed by atoms with Crippen molar-refractivity contribution in [2.24, 2.45) is 5.92 Å². The van der Waals surface area contributed by atoms with Gasteiger partial charge in [-0.2, -0.15) is 0 Å². The lowest BCUT2D eigenvalue weighted by Crippen LogP contribution is -2.45. The van der Waals surface area contributed by atoms with Gasteiger partial charge in [0.15, 0.2) is 0 Å². The number of hydrogen-bond donors (Lipinski definition) is 1. The third-order valence-corrected chi connectivity index (χ3v) is 4.00. The van der Waals surface area contributed by atoms with E-state index in [0.29, 0.717) is 6.61 Å². The Morgan fingerprint density at radius 1 is 1.39 bits per heavy atom. The lowest BCUT2D eigenvalue weighted by Gasteiger charge is -2.24. The second kappa shape index (κ2) is 5.85. The minimum absolute atomic E-state index is 0.0828. The topological polar surface area (TPSA) is 47.6 Å². The summed E-state index contributed by atoms with van der Waals surface area (Å²) in [5.74, 6) is 0.00931. The number of methoxy groups -OCH3 is 1. The molecule has 1 amide bonds. The first-order valence-corrected chi connectivity index (χ1v) is 6.73. The van der Waals surface area contributed by atoms with E-state index in [4.69, 9.17) is 9.47 Å². The molecule has 0 radical (unpaired) electrons.